The van der Waals surface area contributed by atoms with Gasteiger partial charge in [0, 0.05) is 18.4 Å². The molecule has 1 heterocycles. The fourth-order valence-corrected chi connectivity index (χ4v) is 3.64. The van der Waals surface area contributed by atoms with Gasteiger partial charge in [-0.2, -0.15) is 0 Å². The molecule has 0 aliphatic carbocycles. The maximum absolute atomic E-state index is 12.5. The molecule has 0 aliphatic rings. The van der Waals surface area contributed by atoms with E-state index < -0.39 is 10.0 Å². The van der Waals surface area contributed by atoms with Crippen molar-refractivity contribution in [3.63, 3.8) is 0 Å². The molecule has 2 aromatic rings. The van der Waals surface area contributed by atoms with Crippen molar-refractivity contribution in [1.29, 1.82) is 0 Å². The van der Waals surface area contributed by atoms with E-state index in [4.69, 9.17) is 0 Å². The third kappa shape index (κ3) is 3.47. The molecule has 1 aromatic heterocycles. The summed E-state index contributed by atoms with van der Waals surface area (Å²) in [7, 11) is -3.66. The summed E-state index contributed by atoms with van der Waals surface area (Å²) in [6, 6.07) is 8.06. The van der Waals surface area contributed by atoms with Gasteiger partial charge in [-0.25, -0.2) is 13.1 Å². The summed E-state index contributed by atoms with van der Waals surface area (Å²) in [4.78, 5) is 4.17. The second-order valence-electron chi connectivity index (χ2n) is 4.83. The summed E-state index contributed by atoms with van der Waals surface area (Å²) < 4.78 is 27.6. The molecular weight excluding hydrogens is 288 g/mol. The van der Waals surface area contributed by atoms with E-state index in [0.717, 1.165) is 5.56 Å². The minimum atomic E-state index is -3.66. The highest BCUT2D eigenvalue weighted by Gasteiger charge is 2.21. The lowest BCUT2D eigenvalue weighted by molar-refractivity contribution is 0.280. The lowest BCUT2D eigenvalue weighted by Crippen LogP contribution is -2.27. The maximum Gasteiger partial charge on any atom is 0.241 e. The van der Waals surface area contributed by atoms with Crippen LogP contribution >= 0.6 is 0 Å². The van der Waals surface area contributed by atoms with Crippen LogP contribution in [-0.2, 0) is 16.6 Å². The highest BCUT2D eigenvalue weighted by Crippen LogP contribution is 2.21. The van der Waals surface area contributed by atoms with Crippen LogP contribution in [0, 0.1) is 6.92 Å². The van der Waals surface area contributed by atoms with E-state index in [1.807, 2.05) is 6.07 Å². The first kappa shape index (κ1) is 15.6. The largest absolute Gasteiger partial charge is 0.392 e. The topological polar surface area (TPSA) is 79.3 Å². The molecule has 0 radical (unpaired) electrons. The van der Waals surface area contributed by atoms with Gasteiger partial charge >= 0.3 is 0 Å². The van der Waals surface area contributed by atoms with Crippen molar-refractivity contribution in [2.24, 2.45) is 0 Å². The molecule has 0 spiro atoms. The number of sulfonamides is 1. The Kier molecular flexibility index (Phi) is 4.72. The molecule has 0 saturated carbocycles. The zero-order chi connectivity index (χ0) is 15.5. The molecule has 6 heteroatoms. The fraction of sp³-hybridized carbons (Fsp3) is 0.267. The van der Waals surface area contributed by atoms with Gasteiger partial charge in [0.2, 0.25) is 10.0 Å². The summed E-state index contributed by atoms with van der Waals surface area (Å²) in [6.07, 6.45) is 3.27. The number of nitrogens with one attached hydrogen (secondary N) is 1. The molecule has 1 aromatic carbocycles. The second kappa shape index (κ2) is 6.34. The van der Waals surface area contributed by atoms with Crippen LogP contribution in [-0.4, -0.2) is 18.5 Å². The third-order valence-electron chi connectivity index (χ3n) is 3.37. The number of hydrogen-bond donors (Lipinski definition) is 2. The van der Waals surface area contributed by atoms with Gasteiger partial charge in [-0.05, 0) is 42.7 Å². The van der Waals surface area contributed by atoms with Gasteiger partial charge in [-0.15, -0.1) is 0 Å². The Morgan fingerprint density at radius 3 is 2.67 bits per heavy atom. The molecule has 112 valence electrons. The zero-order valence-corrected chi connectivity index (χ0v) is 12.8. The molecule has 2 N–H and O–H groups in total. The number of nitrogens with zero attached hydrogens (tertiary/aromatic N) is 1. The van der Waals surface area contributed by atoms with E-state index in [1.165, 1.54) is 6.07 Å². The monoisotopic (exact) mass is 306 g/mol. The first-order valence-electron chi connectivity index (χ1n) is 6.57. The average Bonchev–Trinajstić information content (AvgIpc) is 2.47. The van der Waals surface area contributed by atoms with Crippen LogP contribution in [0.25, 0.3) is 0 Å². The predicted octanol–water partition coefficient (Wildman–Crippen LogP) is 1.92. The SMILES string of the molecule is Cc1c(CO)cccc1S(=O)(=O)NC(C)c1cccnc1. The predicted molar refractivity (Wildman–Crippen MR) is 80.1 cm³/mol. The molecule has 21 heavy (non-hydrogen) atoms. The smallest absolute Gasteiger partial charge is 0.241 e. The van der Waals surface area contributed by atoms with Crippen LogP contribution in [0.2, 0.25) is 0 Å². The Labute approximate surface area is 124 Å². The molecular formula is C15H18N2O3S. The van der Waals surface area contributed by atoms with E-state index in [9.17, 15) is 13.5 Å². The Morgan fingerprint density at radius 1 is 1.29 bits per heavy atom. The first-order valence-corrected chi connectivity index (χ1v) is 8.05. The molecule has 0 saturated heterocycles. The van der Waals surface area contributed by atoms with E-state index >= 15 is 0 Å². The molecule has 0 aliphatic heterocycles. The average molecular weight is 306 g/mol. The van der Waals surface area contributed by atoms with Gasteiger partial charge in [0.25, 0.3) is 0 Å². The van der Waals surface area contributed by atoms with Crippen molar-refractivity contribution >= 4 is 10.0 Å². The number of rotatable bonds is 5. The van der Waals surface area contributed by atoms with Crippen molar-refractivity contribution in [3.05, 3.63) is 59.4 Å². The summed E-state index contributed by atoms with van der Waals surface area (Å²) in [5.74, 6) is 0. The van der Waals surface area contributed by atoms with Crippen molar-refractivity contribution in [2.75, 3.05) is 0 Å². The summed E-state index contributed by atoms with van der Waals surface area (Å²) in [5, 5.41) is 9.25. The number of hydrogen-bond acceptors (Lipinski definition) is 4. The zero-order valence-electron chi connectivity index (χ0n) is 11.9. The normalized spacial score (nSPS) is 13.1. The minimum Gasteiger partial charge on any atom is -0.392 e. The molecule has 1 atom stereocenters. The first-order chi connectivity index (χ1) is 9.95. The number of aromatic nitrogens is 1. The molecule has 5 nitrogen and oxygen atoms in total. The highest BCUT2D eigenvalue weighted by molar-refractivity contribution is 7.89. The summed E-state index contributed by atoms with van der Waals surface area (Å²) in [6.45, 7) is 3.27. The molecule has 1 unspecified atom stereocenters. The lowest BCUT2D eigenvalue weighted by atomic mass is 10.1. The highest BCUT2D eigenvalue weighted by atomic mass is 32.2. The molecule has 2 rings (SSSR count). The Bertz CT molecular complexity index is 715. The van der Waals surface area contributed by atoms with Gasteiger partial charge in [-0.1, -0.05) is 18.2 Å². The van der Waals surface area contributed by atoms with Crippen LogP contribution in [0.3, 0.4) is 0 Å². The van der Waals surface area contributed by atoms with Crippen molar-refractivity contribution < 1.29 is 13.5 Å². The quantitative estimate of drug-likeness (QED) is 0.884. The fourth-order valence-electron chi connectivity index (χ4n) is 2.12. The van der Waals surface area contributed by atoms with Gasteiger partial charge < -0.3 is 5.11 Å². The standard InChI is InChI=1S/C15H18N2O3S/c1-11-14(10-18)5-3-7-15(11)21(19,20)17-12(2)13-6-4-8-16-9-13/h3-9,12,17-18H,10H2,1-2H3. The summed E-state index contributed by atoms with van der Waals surface area (Å²) >= 11 is 0. The van der Waals surface area contributed by atoms with Crippen molar-refractivity contribution in [2.45, 2.75) is 31.4 Å². The van der Waals surface area contributed by atoms with Crippen LogP contribution in [0.15, 0.2) is 47.6 Å². The molecule has 0 amide bonds. The minimum absolute atomic E-state index is 0.185. The maximum atomic E-state index is 12.5. The van der Waals surface area contributed by atoms with Crippen molar-refractivity contribution in [1.82, 2.24) is 9.71 Å². The van der Waals surface area contributed by atoms with Gasteiger partial charge in [0.05, 0.1) is 11.5 Å². The number of benzene rings is 1. The van der Waals surface area contributed by atoms with E-state index in [1.54, 1.807) is 44.4 Å². The third-order valence-corrected chi connectivity index (χ3v) is 5.06. The number of aliphatic hydroxyl groups is 1. The van der Waals surface area contributed by atoms with E-state index in [0.29, 0.717) is 11.1 Å². The molecule has 0 fully saturated rings. The van der Waals surface area contributed by atoms with Gasteiger partial charge in [0.15, 0.2) is 0 Å². The number of aliphatic hydroxyl groups excluding tert-OH is 1. The van der Waals surface area contributed by atoms with Crippen LogP contribution in [0.1, 0.15) is 29.7 Å². The Balaban J connectivity index is 2.31. The number of pyridine rings is 1. The second-order valence-corrected chi connectivity index (χ2v) is 6.51. The Hall–Kier alpha value is -1.76. The molecule has 0 bridgehead atoms. The van der Waals surface area contributed by atoms with Gasteiger partial charge in [-0.3, -0.25) is 4.98 Å². The van der Waals surface area contributed by atoms with Crippen molar-refractivity contribution in [3.8, 4) is 0 Å². The van der Waals surface area contributed by atoms with E-state index in [2.05, 4.69) is 9.71 Å². The Morgan fingerprint density at radius 2 is 2.05 bits per heavy atom. The van der Waals surface area contributed by atoms with Crippen LogP contribution < -0.4 is 4.72 Å². The van der Waals surface area contributed by atoms with Crippen LogP contribution in [0.5, 0.6) is 0 Å². The van der Waals surface area contributed by atoms with E-state index in [-0.39, 0.29) is 17.5 Å². The van der Waals surface area contributed by atoms with Crippen LogP contribution in [0.4, 0.5) is 0 Å². The van der Waals surface area contributed by atoms with Gasteiger partial charge in [0.1, 0.15) is 0 Å². The lowest BCUT2D eigenvalue weighted by Gasteiger charge is -2.16. The summed E-state index contributed by atoms with van der Waals surface area (Å²) in [5.41, 5.74) is 1.95.